The van der Waals surface area contributed by atoms with Gasteiger partial charge in [0.2, 0.25) is 0 Å². The number of carboxylic acid groups (broad SMARTS) is 1. The Bertz CT molecular complexity index is 1020. The van der Waals surface area contributed by atoms with Crippen LogP contribution in [0.1, 0.15) is 44.0 Å². The molecule has 0 atom stereocenters. The highest BCUT2D eigenvalue weighted by Crippen LogP contribution is 2.24. The molecule has 3 rings (SSSR count). The van der Waals surface area contributed by atoms with E-state index in [1.165, 1.54) is 11.1 Å². The average molecular weight is 392 g/mol. The normalized spacial score (nSPS) is 10.9. The Morgan fingerprint density at radius 1 is 1.00 bits per heavy atom. The van der Waals surface area contributed by atoms with Gasteiger partial charge in [-0.2, -0.15) is 0 Å². The molecule has 0 fully saturated rings. The molecule has 5 nitrogen and oxygen atoms in total. The average Bonchev–Trinajstić information content (AvgIpc) is 2.93. The summed E-state index contributed by atoms with van der Waals surface area (Å²) in [7, 11) is 1.65. The van der Waals surface area contributed by atoms with Crippen molar-refractivity contribution < 1.29 is 14.6 Å². The monoisotopic (exact) mass is 392 g/mol. The third-order valence-corrected chi connectivity index (χ3v) is 5.31. The van der Waals surface area contributed by atoms with Crippen molar-refractivity contribution in [1.82, 2.24) is 9.88 Å². The summed E-state index contributed by atoms with van der Waals surface area (Å²) < 4.78 is 7.36. The van der Waals surface area contributed by atoms with E-state index in [9.17, 15) is 9.90 Å². The first-order valence-corrected chi connectivity index (χ1v) is 9.71. The summed E-state index contributed by atoms with van der Waals surface area (Å²) in [6.07, 6.45) is 0. The molecule has 2 aromatic carbocycles. The Labute approximate surface area is 172 Å². The largest absolute Gasteiger partial charge is 0.497 e. The van der Waals surface area contributed by atoms with Gasteiger partial charge in [-0.25, -0.2) is 4.79 Å². The van der Waals surface area contributed by atoms with E-state index in [0.717, 1.165) is 28.3 Å². The van der Waals surface area contributed by atoms with Gasteiger partial charge < -0.3 is 19.7 Å². The van der Waals surface area contributed by atoms with Gasteiger partial charge in [-0.05, 0) is 44.0 Å². The quantitative estimate of drug-likeness (QED) is 0.594. The van der Waals surface area contributed by atoms with Crippen LogP contribution in [0.15, 0.2) is 48.5 Å². The molecule has 0 saturated carbocycles. The molecule has 0 aliphatic rings. The lowest BCUT2D eigenvalue weighted by Crippen LogP contribution is -2.15. The number of carboxylic acids is 1. The molecule has 152 valence electrons. The van der Waals surface area contributed by atoms with Gasteiger partial charge in [0.15, 0.2) is 0 Å². The van der Waals surface area contributed by atoms with Crippen molar-refractivity contribution in [2.45, 2.75) is 40.4 Å². The van der Waals surface area contributed by atoms with Gasteiger partial charge in [0, 0.05) is 36.6 Å². The van der Waals surface area contributed by atoms with Crippen molar-refractivity contribution in [2.24, 2.45) is 0 Å². The number of hydrogen-bond acceptors (Lipinski definition) is 3. The number of aryl methyl sites for hydroxylation is 1. The van der Waals surface area contributed by atoms with Crippen LogP contribution in [0.5, 0.6) is 5.75 Å². The number of methoxy groups -OCH3 is 1. The van der Waals surface area contributed by atoms with Crippen molar-refractivity contribution in [2.75, 3.05) is 7.11 Å². The highest BCUT2D eigenvalue weighted by atomic mass is 16.5. The molecule has 1 aromatic heterocycles. The number of ether oxygens (including phenoxy) is 1. The van der Waals surface area contributed by atoms with Crippen LogP contribution < -0.4 is 10.1 Å². The summed E-state index contributed by atoms with van der Waals surface area (Å²) in [6.45, 7) is 7.74. The Kier molecular flexibility index (Phi) is 6.39. The van der Waals surface area contributed by atoms with E-state index in [0.29, 0.717) is 25.2 Å². The van der Waals surface area contributed by atoms with Crippen LogP contribution in [-0.4, -0.2) is 22.8 Å². The first-order valence-electron chi connectivity index (χ1n) is 9.71. The van der Waals surface area contributed by atoms with Gasteiger partial charge in [0.05, 0.1) is 12.7 Å². The Balaban J connectivity index is 1.82. The van der Waals surface area contributed by atoms with Crippen molar-refractivity contribution in [1.29, 1.82) is 0 Å². The zero-order valence-electron chi connectivity index (χ0n) is 17.5. The lowest BCUT2D eigenvalue weighted by atomic mass is 10.1. The Morgan fingerprint density at radius 3 is 2.41 bits per heavy atom. The van der Waals surface area contributed by atoms with Gasteiger partial charge in [-0.15, -0.1) is 0 Å². The first-order chi connectivity index (χ1) is 13.9. The predicted octanol–water partition coefficient (Wildman–Crippen LogP) is 4.46. The van der Waals surface area contributed by atoms with Gasteiger partial charge >= 0.3 is 5.97 Å². The molecule has 3 aromatic rings. The highest BCUT2D eigenvalue weighted by molar-refractivity contribution is 5.91. The molecule has 0 radical (unpaired) electrons. The molecular formula is C24H28N2O3. The summed E-state index contributed by atoms with van der Waals surface area (Å²) in [5, 5.41) is 13.2. The Hall–Kier alpha value is -3.05. The maximum absolute atomic E-state index is 12.0. The number of benzene rings is 2. The van der Waals surface area contributed by atoms with E-state index < -0.39 is 5.97 Å². The third-order valence-electron chi connectivity index (χ3n) is 5.31. The fraction of sp³-hybridized carbons (Fsp3) is 0.292. The van der Waals surface area contributed by atoms with Gasteiger partial charge in [-0.3, -0.25) is 0 Å². The minimum atomic E-state index is -0.883. The summed E-state index contributed by atoms with van der Waals surface area (Å²) in [4.78, 5) is 12.0. The zero-order valence-corrected chi connectivity index (χ0v) is 17.5. The minimum absolute atomic E-state index is 0.397. The van der Waals surface area contributed by atoms with Crippen LogP contribution >= 0.6 is 0 Å². The molecule has 0 amide bonds. The fourth-order valence-electron chi connectivity index (χ4n) is 3.79. The standard InChI is InChI=1S/C24H28N2O3/c1-16-7-5-9-20(11-16)15-26-17(2)22(23(18(26)3)24(27)28)14-25-13-19-8-6-10-21(12-19)29-4/h5-12,25H,13-15H2,1-4H3,(H,27,28). The molecule has 29 heavy (non-hydrogen) atoms. The number of aromatic nitrogens is 1. The Morgan fingerprint density at radius 2 is 1.72 bits per heavy atom. The molecule has 5 heteroatoms. The van der Waals surface area contributed by atoms with E-state index in [-0.39, 0.29) is 0 Å². The molecule has 2 N–H and O–H groups in total. The highest BCUT2D eigenvalue weighted by Gasteiger charge is 2.22. The minimum Gasteiger partial charge on any atom is -0.497 e. The van der Waals surface area contributed by atoms with E-state index in [4.69, 9.17) is 4.74 Å². The van der Waals surface area contributed by atoms with Crippen LogP contribution in [0.4, 0.5) is 0 Å². The molecule has 0 bridgehead atoms. The number of carbonyl (C=O) groups is 1. The van der Waals surface area contributed by atoms with E-state index in [1.807, 2.05) is 44.2 Å². The summed E-state index contributed by atoms with van der Waals surface area (Å²) in [6, 6.07) is 16.2. The molecule has 0 aliphatic carbocycles. The molecule has 0 aliphatic heterocycles. The second-order valence-electron chi connectivity index (χ2n) is 7.36. The maximum Gasteiger partial charge on any atom is 0.337 e. The lowest BCUT2D eigenvalue weighted by Gasteiger charge is -2.11. The van der Waals surface area contributed by atoms with Crippen LogP contribution in [-0.2, 0) is 19.6 Å². The molecule has 0 saturated heterocycles. The first kappa shape index (κ1) is 20.7. The van der Waals surface area contributed by atoms with E-state index in [2.05, 4.69) is 35.0 Å². The number of hydrogen-bond donors (Lipinski definition) is 2. The smallest absolute Gasteiger partial charge is 0.337 e. The van der Waals surface area contributed by atoms with Crippen LogP contribution in [0, 0.1) is 20.8 Å². The topological polar surface area (TPSA) is 63.5 Å². The van der Waals surface area contributed by atoms with Crippen LogP contribution in [0.3, 0.4) is 0 Å². The number of nitrogens with one attached hydrogen (secondary N) is 1. The van der Waals surface area contributed by atoms with Gasteiger partial charge in [0.1, 0.15) is 5.75 Å². The van der Waals surface area contributed by atoms with Crippen molar-refractivity contribution in [3.63, 3.8) is 0 Å². The number of nitrogens with zero attached hydrogens (tertiary/aromatic N) is 1. The van der Waals surface area contributed by atoms with Crippen molar-refractivity contribution >= 4 is 5.97 Å². The summed E-state index contributed by atoms with van der Waals surface area (Å²) in [5.74, 6) is -0.0707. The number of rotatable bonds is 8. The summed E-state index contributed by atoms with van der Waals surface area (Å²) >= 11 is 0. The molecule has 0 unspecified atom stereocenters. The van der Waals surface area contributed by atoms with Crippen molar-refractivity contribution in [3.05, 3.63) is 87.7 Å². The fourth-order valence-corrected chi connectivity index (χ4v) is 3.79. The molecular weight excluding hydrogens is 364 g/mol. The van der Waals surface area contributed by atoms with Crippen LogP contribution in [0.2, 0.25) is 0 Å². The van der Waals surface area contributed by atoms with Gasteiger partial charge in [-0.1, -0.05) is 42.0 Å². The van der Waals surface area contributed by atoms with E-state index in [1.54, 1.807) is 7.11 Å². The maximum atomic E-state index is 12.0. The van der Waals surface area contributed by atoms with Crippen molar-refractivity contribution in [3.8, 4) is 5.75 Å². The lowest BCUT2D eigenvalue weighted by molar-refractivity contribution is 0.0694. The predicted molar refractivity (Wildman–Crippen MR) is 115 cm³/mol. The molecule has 0 spiro atoms. The second-order valence-corrected chi connectivity index (χ2v) is 7.36. The van der Waals surface area contributed by atoms with E-state index >= 15 is 0 Å². The number of aromatic carboxylic acids is 1. The van der Waals surface area contributed by atoms with Crippen LogP contribution in [0.25, 0.3) is 0 Å². The SMILES string of the molecule is COc1cccc(CNCc2c(C(=O)O)c(C)n(Cc3cccc(C)c3)c2C)c1. The summed E-state index contributed by atoms with van der Waals surface area (Å²) in [5.41, 5.74) is 6.46. The second kappa shape index (κ2) is 8.97. The third kappa shape index (κ3) is 4.69. The molecule has 1 heterocycles. The zero-order chi connectivity index (χ0) is 21.0. The van der Waals surface area contributed by atoms with Gasteiger partial charge in [0.25, 0.3) is 0 Å².